The molecule has 0 aromatic carbocycles. The van der Waals surface area contributed by atoms with Gasteiger partial charge in [0, 0.05) is 14.7 Å². The molecule has 0 spiro atoms. The lowest BCUT2D eigenvalue weighted by Crippen LogP contribution is -2.59. The number of ether oxygens (including phenoxy) is 2. The van der Waals surface area contributed by atoms with Crippen LogP contribution in [0.2, 0.25) is 25.2 Å². The molecule has 35 heavy (non-hydrogen) atoms. The standard InChI is InChI=1S/C28H58O6Si/c1-4-5-6-7-8-9-10-11-12-13-14-15-16-17-18-19-21-35(2,3)22-20-33-28-27(32)26(31)25(30)24(23-29)34-28/h24-32H,4-23H2,1-3H3. The third-order valence-corrected chi connectivity index (χ3v) is 10.9. The van der Waals surface area contributed by atoms with E-state index in [2.05, 4.69) is 20.0 Å². The first-order chi connectivity index (χ1) is 16.8. The first-order valence-electron chi connectivity index (χ1n) is 14.7. The highest BCUT2D eigenvalue weighted by Gasteiger charge is 2.44. The minimum Gasteiger partial charge on any atom is -0.394 e. The fourth-order valence-electron chi connectivity index (χ4n) is 4.93. The summed E-state index contributed by atoms with van der Waals surface area (Å²) in [5.41, 5.74) is 0. The maximum Gasteiger partial charge on any atom is 0.186 e. The Bertz CT molecular complexity index is 490. The van der Waals surface area contributed by atoms with Crippen LogP contribution < -0.4 is 0 Å². The van der Waals surface area contributed by atoms with Gasteiger partial charge < -0.3 is 29.9 Å². The molecule has 0 bridgehead atoms. The highest BCUT2D eigenvalue weighted by molar-refractivity contribution is 6.77. The summed E-state index contributed by atoms with van der Waals surface area (Å²) in [6.07, 6.45) is 16.3. The Labute approximate surface area is 216 Å². The lowest BCUT2D eigenvalue weighted by atomic mass is 9.99. The van der Waals surface area contributed by atoms with E-state index in [0.29, 0.717) is 6.61 Å². The summed E-state index contributed by atoms with van der Waals surface area (Å²) in [6, 6.07) is 2.23. The van der Waals surface area contributed by atoms with Crippen molar-refractivity contribution < 1.29 is 29.9 Å². The predicted octanol–water partition coefficient (Wildman–Crippen LogP) is 5.77. The molecule has 6 nitrogen and oxygen atoms in total. The highest BCUT2D eigenvalue weighted by atomic mass is 28.3. The van der Waals surface area contributed by atoms with Crippen molar-refractivity contribution in [2.45, 2.75) is 166 Å². The Morgan fingerprint density at radius 1 is 0.629 bits per heavy atom. The molecule has 1 rings (SSSR count). The largest absolute Gasteiger partial charge is 0.394 e. The van der Waals surface area contributed by atoms with Crippen LogP contribution in [0.5, 0.6) is 0 Å². The Kier molecular flexibility index (Phi) is 18.9. The molecule has 0 radical (unpaired) electrons. The maximum absolute atomic E-state index is 10.1. The van der Waals surface area contributed by atoms with Gasteiger partial charge in [-0.1, -0.05) is 129 Å². The molecule has 0 saturated carbocycles. The van der Waals surface area contributed by atoms with Crippen molar-refractivity contribution in [3.63, 3.8) is 0 Å². The van der Waals surface area contributed by atoms with Gasteiger partial charge in [0.2, 0.25) is 0 Å². The molecule has 1 fully saturated rings. The highest BCUT2D eigenvalue weighted by Crippen LogP contribution is 2.24. The van der Waals surface area contributed by atoms with E-state index in [1.54, 1.807) is 0 Å². The van der Waals surface area contributed by atoms with E-state index < -0.39 is 45.4 Å². The Balaban J connectivity index is 1.96. The van der Waals surface area contributed by atoms with Gasteiger partial charge in [0.05, 0.1) is 6.61 Å². The van der Waals surface area contributed by atoms with Crippen molar-refractivity contribution in [2.24, 2.45) is 0 Å². The van der Waals surface area contributed by atoms with Crippen molar-refractivity contribution in [3.05, 3.63) is 0 Å². The van der Waals surface area contributed by atoms with Crippen molar-refractivity contribution in [1.82, 2.24) is 0 Å². The van der Waals surface area contributed by atoms with E-state index >= 15 is 0 Å². The fourth-order valence-corrected chi connectivity index (χ4v) is 7.06. The molecule has 7 heteroatoms. The van der Waals surface area contributed by atoms with Gasteiger partial charge >= 0.3 is 0 Å². The minimum atomic E-state index is -1.40. The lowest BCUT2D eigenvalue weighted by Gasteiger charge is -2.39. The first kappa shape index (κ1) is 33.0. The average Bonchev–Trinajstić information content (AvgIpc) is 2.83. The van der Waals surface area contributed by atoms with Gasteiger partial charge in [-0.2, -0.15) is 0 Å². The maximum atomic E-state index is 10.1. The van der Waals surface area contributed by atoms with Crippen LogP contribution in [0.4, 0.5) is 0 Å². The minimum absolute atomic E-state index is 0.426. The SMILES string of the molecule is CCCCCCCCCCCCCCCCCC[Si](C)(C)CCOC1OC(CO)C(O)C(O)C1O. The molecule has 210 valence electrons. The van der Waals surface area contributed by atoms with Crippen LogP contribution in [0.25, 0.3) is 0 Å². The number of rotatable bonds is 22. The molecule has 0 aromatic rings. The van der Waals surface area contributed by atoms with Crippen LogP contribution in [0.3, 0.4) is 0 Å². The van der Waals surface area contributed by atoms with Gasteiger partial charge in [0.15, 0.2) is 6.29 Å². The molecule has 0 amide bonds. The molecule has 0 aliphatic carbocycles. The second-order valence-electron chi connectivity index (χ2n) is 11.5. The topological polar surface area (TPSA) is 99.4 Å². The molecular weight excluding hydrogens is 460 g/mol. The van der Waals surface area contributed by atoms with Gasteiger partial charge in [0.25, 0.3) is 0 Å². The molecule has 1 heterocycles. The van der Waals surface area contributed by atoms with Crippen molar-refractivity contribution in [3.8, 4) is 0 Å². The quantitative estimate of drug-likeness (QED) is 0.107. The van der Waals surface area contributed by atoms with E-state index in [1.165, 1.54) is 109 Å². The Hall–Kier alpha value is -0.0231. The van der Waals surface area contributed by atoms with Crippen LogP contribution in [-0.2, 0) is 9.47 Å². The molecule has 5 atom stereocenters. The normalized spacial score (nSPS) is 25.3. The Morgan fingerprint density at radius 3 is 1.54 bits per heavy atom. The monoisotopic (exact) mass is 518 g/mol. The first-order valence-corrected chi connectivity index (χ1v) is 18.2. The summed E-state index contributed by atoms with van der Waals surface area (Å²) in [7, 11) is -1.40. The Morgan fingerprint density at radius 2 is 1.09 bits per heavy atom. The van der Waals surface area contributed by atoms with Gasteiger partial charge in [-0.05, 0) is 6.04 Å². The average molecular weight is 519 g/mol. The van der Waals surface area contributed by atoms with Crippen LogP contribution in [0.15, 0.2) is 0 Å². The summed E-state index contributed by atoms with van der Waals surface area (Å²) in [5.74, 6) is 0. The number of hydrogen-bond acceptors (Lipinski definition) is 6. The smallest absolute Gasteiger partial charge is 0.186 e. The molecule has 4 N–H and O–H groups in total. The zero-order valence-electron chi connectivity index (χ0n) is 23.1. The number of aliphatic hydroxyl groups excluding tert-OH is 4. The van der Waals surface area contributed by atoms with Gasteiger partial charge in [-0.25, -0.2) is 0 Å². The summed E-state index contributed by atoms with van der Waals surface area (Å²) in [4.78, 5) is 0. The number of aliphatic hydroxyl groups is 4. The van der Waals surface area contributed by atoms with Crippen LogP contribution >= 0.6 is 0 Å². The zero-order valence-corrected chi connectivity index (χ0v) is 24.1. The summed E-state index contributed by atoms with van der Waals surface area (Å²) >= 11 is 0. The van der Waals surface area contributed by atoms with E-state index in [4.69, 9.17) is 9.47 Å². The van der Waals surface area contributed by atoms with E-state index in [-0.39, 0.29) is 0 Å². The van der Waals surface area contributed by atoms with Crippen molar-refractivity contribution in [2.75, 3.05) is 13.2 Å². The molecule has 1 aliphatic heterocycles. The van der Waals surface area contributed by atoms with Crippen LogP contribution in [-0.4, -0.2) is 72.4 Å². The third-order valence-electron chi connectivity index (χ3n) is 7.62. The summed E-state index contributed by atoms with van der Waals surface area (Å²) < 4.78 is 11.1. The van der Waals surface area contributed by atoms with Gasteiger partial charge in [0.1, 0.15) is 24.4 Å². The zero-order chi connectivity index (χ0) is 25.9. The van der Waals surface area contributed by atoms with Crippen molar-refractivity contribution in [1.29, 1.82) is 0 Å². The number of hydrogen-bond donors (Lipinski definition) is 4. The third kappa shape index (κ3) is 15.1. The molecule has 1 saturated heterocycles. The molecule has 0 aromatic heterocycles. The van der Waals surface area contributed by atoms with Gasteiger partial charge in [-0.3, -0.25) is 0 Å². The molecular formula is C28H58O6Si. The van der Waals surface area contributed by atoms with Gasteiger partial charge in [-0.15, -0.1) is 0 Å². The predicted molar refractivity (Wildman–Crippen MR) is 146 cm³/mol. The van der Waals surface area contributed by atoms with Crippen LogP contribution in [0, 0.1) is 0 Å². The van der Waals surface area contributed by atoms with E-state index in [0.717, 1.165) is 6.04 Å². The summed E-state index contributed by atoms with van der Waals surface area (Å²) in [6.45, 7) is 7.05. The van der Waals surface area contributed by atoms with Crippen molar-refractivity contribution >= 4 is 8.07 Å². The lowest BCUT2D eigenvalue weighted by molar-refractivity contribution is -0.300. The fraction of sp³-hybridized carbons (Fsp3) is 1.00. The van der Waals surface area contributed by atoms with E-state index in [9.17, 15) is 20.4 Å². The summed E-state index contributed by atoms with van der Waals surface area (Å²) in [5, 5.41) is 39.1. The second kappa shape index (κ2) is 20.0. The second-order valence-corrected chi connectivity index (χ2v) is 16.9. The molecule has 5 unspecified atom stereocenters. The van der Waals surface area contributed by atoms with E-state index in [1.807, 2.05) is 0 Å². The molecule has 1 aliphatic rings. The number of unbranched alkanes of at least 4 members (excludes halogenated alkanes) is 15. The van der Waals surface area contributed by atoms with Crippen LogP contribution in [0.1, 0.15) is 110 Å².